The third-order valence-electron chi connectivity index (χ3n) is 7.00. The number of alkyl halides is 2. The Bertz CT molecular complexity index is 1400. The highest BCUT2D eigenvalue weighted by atomic mass is 19.3. The number of ether oxygens (including phenoxy) is 1. The SMILES string of the molecule is CCC1CCN(C(=O)c2ccc(Nc3nccn4c(-c5ccc(OC(F)F)cc5)cnc34)cc2C)CC1. The fourth-order valence-corrected chi connectivity index (χ4v) is 4.86. The van der Waals surface area contributed by atoms with E-state index in [0.717, 1.165) is 48.4 Å². The van der Waals surface area contributed by atoms with Crippen LogP contribution < -0.4 is 10.1 Å². The maximum Gasteiger partial charge on any atom is 0.387 e. The van der Waals surface area contributed by atoms with E-state index in [0.29, 0.717) is 22.9 Å². The molecule has 0 atom stereocenters. The highest BCUT2D eigenvalue weighted by Crippen LogP contribution is 2.28. The zero-order valence-electron chi connectivity index (χ0n) is 20.8. The van der Waals surface area contributed by atoms with Crippen molar-refractivity contribution < 1.29 is 18.3 Å². The van der Waals surface area contributed by atoms with Gasteiger partial charge in [-0.2, -0.15) is 8.78 Å². The molecule has 1 N–H and O–H groups in total. The van der Waals surface area contributed by atoms with Crippen LogP contribution in [0, 0.1) is 12.8 Å². The van der Waals surface area contributed by atoms with Gasteiger partial charge in [-0.3, -0.25) is 9.20 Å². The maximum absolute atomic E-state index is 13.1. The third-order valence-corrected chi connectivity index (χ3v) is 7.00. The number of imidazole rings is 1. The number of anilines is 2. The van der Waals surface area contributed by atoms with E-state index in [1.165, 1.54) is 18.6 Å². The summed E-state index contributed by atoms with van der Waals surface area (Å²) in [4.78, 5) is 24.1. The minimum absolute atomic E-state index is 0.0849. The Morgan fingerprint density at radius 1 is 1.14 bits per heavy atom. The second-order valence-corrected chi connectivity index (χ2v) is 9.31. The topological polar surface area (TPSA) is 71.8 Å². The van der Waals surface area contributed by atoms with Gasteiger partial charge in [-0.1, -0.05) is 13.3 Å². The van der Waals surface area contributed by atoms with Gasteiger partial charge in [0.1, 0.15) is 5.75 Å². The summed E-state index contributed by atoms with van der Waals surface area (Å²) in [6, 6.07) is 12.1. The number of aromatic nitrogens is 3. The van der Waals surface area contributed by atoms with Crippen molar-refractivity contribution in [3.63, 3.8) is 0 Å². The zero-order chi connectivity index (χ0) is 25.9. The number of amides is 1. The molecule has 7 nitrogen and oxygen atoms in total. The van der Waals surface area contributed by atoms with Crippen molar-refractivity contribution in [2.45, 2.75) is 39.7 Å². The summed E-state index contributed by atoms with van der Waals surface area (Å²) in [6.45, 7) is 2.92. The van der Waals surface area contributed by atoms with Crippen molar-refractivity contribution in [2.75, 3.05) is 18.4 Å². The number of carbonyl (C=O) groups is 1. The van der Waals surface area contributed by atoms with Gasteiger partial charge in [0.25, 0.3) is 5.91 Å². The second kappa shape index (κ2) is 10.5. The second-order valence-electron chi connectivity index (χ2n) is 9.31. The minimum Gasteiger partial charge on any atom is -0.435 e. The van der Waals surface area contributed by atoms with E-state index >= 15 is 0 Å². The van der Waals surface area contributed by atoms with Crippen LogP contribution in [0.2, 0.25) is 0 Å². The molecule has 2 aromatic carbocycles. The monoisotopic (exact) mass is 505 g/mol. The molecule has 0 bridgehead atoms. The summed E-state index contributed by atoms with van der Waals surface area (Å²) in [5, 5.41) is 3.32. The largest absolute Gasteiger partial charge is 0.435 e. The van der Waals surface area contributed by atoms with Gasteiger partial charge in [0.2, 0.25) is 0 Å². The fourth-order valence-electron chi connectivity index (χ4n) is 4.86. The number of fused-ring (bicyclic) bond motifs is 1. The molecule has 192 valence electrons. The first kappa shape index (κ1) is 24.7. The van der Waals surface area contributed by atoms with Crippen LogP contribution in [0.4, 0.5) is 20.3 Å². The summed E-state index contributed by atoms with van der Waals surface area (Å²) in [5.74, 6) is 1.46. The molecule has 0 radical (unpaired) electrons. The van der Waals surface area contributed by atoms with Crippen molar-refractivity contribution >= 4 is 23.1 Å². The number of piperidine rings is 1. The molecular weight excluding hydrogens is 476 g/mol. The molecule has 1 fully saturated rings. The Morgan fingerprint density at radius 2 is 1.89 bits per heavy atom. The first-order valence-electron chi connectivity index (χ1n) is 12.5. The number of likely N-dealkylation sites (tertiary alicyclic amines) is 1. The molecule has 1 aliphatic rings. The van der Waals surface area contributed by atoms with Crippen molar-refractivity contribution in [3.05, 3.63) is 72.2 Å². The van der Waals surface area contributed by atoms with E-state index in [4.69, 9.17) is 0 Å². The Morgan fingerprint density at radius 3 is 2.57 bits per heavy atom. The highest BCUT2D eigenvalue weighted by molar-refractivity contribution is 5.96. The lowest BCUT2D eigenvalue weighted by Crippen LogP contribution is -2.38. The van der Waals surface area contributed by atoms with E-state index < -0.39 is 6.61 Å². The van der Waals surface area contributed by atoms with E-state index in [1.54, 1.807) is 30.7 Å². The highest BCUT2D eigenvalue weighted by Gasteiger charge is 2.23. The first-order valence-corrected chi connectivity index (χ1v) is 12.5. The molecule has 0 unspecified atom stereocenters. The van der Waals surface area contributed by atoms with Crippen molar-refractivity contribution in [1.82, 2.24) is 19.3 Å². The molecular formula is C28H29F2N5O2. The molecule has 1 amide bonds. The van der Waals surface area contributed by atoms with E-state index in [1.807, 2.05) is 34.4 Å². The number of nitrogens with one attached hydrogen (secondary N) is 1. The van der Waals surface area contributed by atoms with Crippen LogP contribution in [0.1, 0.15) is 42.1 Å². The Hall–Kier alpha value is -4.01. The standard InChI is InChI=1S/C28H29F2N5O2/c1-3-19-10-13-34(14-11-19)27(36)23-9-6-21(16-18(23)2)33-25-26-32-17-24(35(26)15-12-31-25)20-4-7-22(8-5-20)37-28(29)30/h4-9,12,15-17,19,28H,3,10-11,13-14H2,1-2H3,(H,31,33). The van der Waals surface area contributed by atoms with Gasteiger partial charge in [0.05, 0.1) is 11.9 Å². The van der Waals surface area contributed by atoms with Gasteiger partial charge in [0, 0.05) is 42.3 Å². The molecule has 37 heavy (non-hydrogen) atoms. The van der Waals surface area contributed by atoms with Crippen molar-refractivity contribution in [1.29, 1.82) is 0 Å². The summed E-state index contributed by atoms with van der Waals surface area (Å²) in [5.41, 5.74) is 4.61. The summed E-state index contributed by atoms with van der Waals surface area (Å²) in [6.07, 6.45) is 8.47. The first-order chi connectivity index (χ1) is 17.9. The van der Waals surface area contributed by atoms with Gasteiger partial charge < -0.3 is 15.0 Å². The Kier molecular flexibility index (Phi) is 7.03. The zero-order valence-corrected chi connectivity index (χ0v) is 20.8. The number of halogens is 2. The van der Waals surface area contributed by atoms with Crippen LogP contribution in [0.25, 0.3) is 16.9 Å². The number of aryl methyl sites for hydroxylation is 1. The lowest BCUT2D eigenvalue weighted by molar-refractivity contribution is -0.0498. The minimum atomic E-state index is -2.87. The molecule has 5 rings (SSSR count). The predicted molar refractivity (Wildman–Crippen MR) is 138 cm³/mol. The smallest absolute Gasteiger partial charge is 0.387 e. The van der Waals surface area contributed by atoms with Crippen LogP contribution in [0.5, 0.6) is 5.75 Å². The van der Waals surface area contributed by atoms with Gasteiger partial charge >= 0.3 is 6.61 Å². The quantitative estimate of drug-likeness (QED) is 0.319. The van der Waals surface area contributed by atoms with Crippen LogP contribution >= 0.6 is 0 Å². The molecule has 4 aromatic rings. The average Bonchev–Trinajstić information content (AvgIpc) is 3.34. The molecule has 0 aliphatic carbocycles. The summed E-state index contributed by atoms with van der Waals surface area (Å²) >= 11 is 0. The molecule has 1 aliphatic heterocycles. The molecule has 2 aromatic heterocycles. The normalized spacial score (nSPS) is 14.4. The lowest BCUT2D eigenvalue weighted by Gasteiger charge is -2.32. The van der Waals surface area contributed by atoms with Crippen LogP contribution in [-0.4, -0.2) is 44.9 Å². The van der Waals surface area contributed by atoms with Crippen molar-refractivity contribution in [2.24, 2.45) is 5.92 Å². The van der Waals surface area contributed by atoms with E-state index in [9.17, 15) is 13.6 Å². The predicted octanol–water partition coefficient (Wildman–Crippen LogP) is 6.31. The van der Waals surface area contributed by atoms with Gasteiger partial charge in [-0.25, -0.2) is 9.97 Å². The Labute approximate surface area is 214 Å². The van der Waals surface area contributed by atoms with Gasteiger partial charge in [0.15, 0.2) is 11.5 Å². The molecule has 0 spiro atoms. The number of carbonyl (C=O) groups excluding carboxylic acids is 1. The van der Waals surface area contributed by atoms with Gasteiger partial charge in [-0.05, 0) is 73.7 Å². The number of rotatable bonds is 7. The third kappa shape index (κ3) is 5.26. The number of benzene rings is 2. The van der Waals surface area contributed by atoms with Crippen LogP contribution in [-0.2, 0) is 0 Å². The molecule has 1 saturated heterocycles. The van der Waals surface area contributed by atoms with E-state index in [2.05, 4.69) is 26.9 Å². The fraction of sp³-hybridized carbons (Fsp3) is 0.321. The number of nitrogens with zero attached hydrogens (tertiary/aromatic N) is 4. The van der Waals surface area contributed by atoms with Crippen LogP contribution in [0.3, 0.4) is 0 Å². The molecule has 9 heteroatoms. The van der Waals surface area contributed by atoms with Gasteiger partial charge in [-0.15, -0.1) is 0 Å². The summed E-state index contributed by atoms with van der Waals surface area (Å²) < 4.78 is 31.2. The van der Waals surface area contributed by atoms with E-state index in [-0.39, 0.29) is 11.7 Å². The maximum atomic E-state index is 13.1. The van der Waals surface area contributed by atoms with Crippen molar-refractivity contribution in [3.8, 4) is 17.0 Å². The lowest BCUT2D eigenvalue weighted by atomic mass is 9.94. The molecule has 3 heterocycles. The average molecular weight is 506 g/mol. The number of hydrogen-bond donors (Lipinski definition) is 1. The Balaban J connectivity index is 1.34. The summed E-state index contributed by atoms with van der Waals surface area (Å²) in [7, 11) is 0. The van der Waals surface area contributed by atoms with Crippen LogP contribution in [0.15, 0.2) is 61.1 Å². The molecule has 0 saturated carbocycles. The number of hydrogen-bond acceptors (Lipinski definition) is 5.